The summed E-state index contributed by atoms with van der Waals surface area (Å²) in [5.41, 5.74) is 1.87. The molecular weight excluding hydrogens is 428 g/mol. The number of hydrogen-bond donors (Lipinski definition) is 1. The van der Waals surface area contributed by atoms with Crippen molar-refractivity contribution >= 4 is 28.7 Å². The molecule has 4 aromatic heterocycles. The summed E-state index contributed by atoms with van der Waals surface area (Å²) in [4.78, 5) is 33.9. The molecule has 11 heteroatoms. The smallest absolute Gasteiger partial charge is 0.259 e. The average molecular weight is 450 g/mol. The molecular formula is C22H22N6O5. The Morgan fingerprint density at radius 2 is 1.91 bits per heavy atom. The van der Waals surface area contributed by atoms with Gasteiger partial charge >= 0.3 is 0 Å². The number of amides is 2. The molecule has 2 amide bonds. The van der Waals surface area contributed by atoms with Crippen LogP contribution < -0.4 is 5.32 Å². The van der Waals surface area contributed by atoms with E-state index in [1.165, 1.54) is 0 Å². The predicted octanol–water partition coefficient (Wildman–Crippen LogP) is 2.48. The van der Waals surface area contributed by atoms with E-state index in [1.807, 2.05) is 4.90 Å². The lowest BCUT2D eigenvalue weighted by Gasteiger charge is -2.34. The van der Waals surface area contributed by atoms with Gasteiger partial charge in [0.05, 0.1) is 29.5 Å². The number of carbonyl (C=O) groups is 2. The van der Waals surface area contributed by atoms with Crippen LogP contribution in [0.1, 0.15) is 21.8 Å². The van der Waals surface area contributed by atoms with Crippen LogP contribution in [-0.4, -0.2) is 69.6 Å². The first kappa shape index (κ1) is 20.9. The topological polar surface area (TPSA) is 131 Å². The number of aryl methyl sites for hydroxylation is 2. The summed E-state index contributed by atoms with van der Waals surface area (Å²) in [5, 5.41) is 11.1. The molecule has 0 unspecified atom stereocenters. The van der Waals surface area contributed by atoms with Crippen molar-refractivity contribution in [2.45, 2.75) is 13.8 Å². The van der Waals surface area contributed by atoms with Crippen molar-refractivity contribution in [2.24, 2.45) is 0 Å². The maximum atomic E-state index is 13.4. The molecule has 4 aromatic rings. The monoisotopic (exact) mass is 450 g/mol. The van der Waals surface area contributed by atoms with Crippen LogP contribution in [0, 0.1) is 13.8 Å². The molecule has 5 rings (SSSR count). The number of piperazine rings is 1. The van der Waals surface area contributed by atoms with Gasteiger partial charge in [-0.15, -0.1) is 0 Å². The molecule has 1 aliphatic heterocycles. The molecule has 0 atom stereocenters. The standard InChI is InChI=1S/C22H22N6O5/c1-13-10-18(26-32-13)24-19(29)12-27-5-7-28(8-6-27)22(30)15-11-16(17-4-3-9-31-17)23-21-20(15)14(2)25-33-21/h3-4,9-11H,5-8,12H2,1-2H3,(H,24,26,29). The Bertz CT molecular complexity index is 1300. The van der Waals surface area contributed by atoms with Crippen LogP contribution in [0.4, 0.5) is 5.82 Å². The van der Waals surface area contributed by atoms with Gasteiger partial charge in [-0.25, -0.2) is 4.98 Å². The van der Waals surface area contributed by atoms with Crippen LogP contribution in [0.15, 0.2) is 44.0 Å². The Kier molecular flexibility index (Phi) is 5.38. The van der Waals surface area contributed by atoms with Crippen molar-refractivity contribution in [1.82, 2.24) is 25.1 Å². The molecule has 5 heterocycles. The van der Waals surface area contributed by atoms with Crippen LogP contribution >= 0.6 is 0 Å². The first-order valence-electron chi connectivity index (χ1n) is 10.5. The lowest BCUT2D eigenvalue weighted by atomic mass is 10.1. The fourth-order valence-electron chi connectivity index (χ4n) is 3.90. The number of nitrogens with one attached hydrogen (secondary N) is 1. The van der Waals surface area contributed by atoms with Crippen LogP contribution in [0.5, 0.6) is 0 Å². The normalized spacial score (nSPS) is 14.7. The Balaban J connectivity index is 1.28. The van der Waals surface area contributed by atoms with Crippen molar-refractivity contribution in [2.75, 3.05) is 38.0 Å². The number of nitrogens with zero attached hydrogens (tertiary/aromatic N) is 5. The van der Waals surface area contributed by atoms with Crippen molar-refractivity contribution in [3.63, 3.8) is 0 Å². The van der Waals surface area contributed by atoms with E-state index in [0.29, 0.717) is 71.6 Å². The summed E-state index contributed by atoms with van der Waals surface area (Å²) < 4.78 is 15.7. The summed E-state index contributed by atoms with van der Waals surface area (Å²) in [6.45, 7) is 5.86. The van der Waals surface area contributed by atoms with Gasteiger partial charge in [-0.3, -0.25) is 14.5 Å². The van der Waals surface area contributed by atoms with Gasteiger partial charge in [0, 0.05) is 32.2 Å². The van der Waals surface area contributed by atoms with E-state index in [2.05, 4.69) is 20.6 Å². The van der Waals surface area contributed by atoms with Crippen molar-refractivity contribution < 1.29 is 23.1 Å². The second kappa shape index (κ2) is 8.51. The highest BCUT2D eigenvalue weighted by Gasteiger charge is 2.27. The first-order chi connectivity index (χ1) is 16.0. The van der Waals surface area contributed by atoms with E-state index in [1.54, 1.807) is 49.3 Å². The zero-order valence-corrected chi connectivity index (χ0v) is 18.2. The third-order valence-electron chi connectivity index (χ3n) is 5.54. The Hall–Kier alpha value is -3.99. The maximum absolute atomic E-state index is 13.4. The molecule has 0 spiro atoms. The summed E-state index contributed by atoms with van der Waals surface area (Å²) >= 11 is 0. The molecule has 170 valence electrons. The number of pyridine rings is 1. The summed E-state index contributed by atoms with van der Waals surface area (Å²) in [6, 6.07) is 6.91. The highest BCUT2D eigenvalue weighted by molar-refractivity contribution is 6.07. The number of fused-ring (bicyclic) bond motifs is 1. The van der Waals surface area contributed by atoms with Gasteiger partial charge in [0.25, 0.3) is 11.6 Å². The Labute approximate surface area is 188 Å². The van der Waals surface area contributed by atoms with Crippen LogP contribution in [-0.2, 0) is 4.79 Å². The molecule has 0 bridgehead atoms. The third kappa shape index (κ3) is 4.22. The molecule has 0 radical (unpaired) electrons. The van der Waals surface area contributed by atoms with Gasteiger partial charge in [-0.1, -0.05) is 10.3 Å². The minimum absolute atomic E-state index is 0.135. The highest BCUT2D eigenvalue weighted by atomic mass is 16.5. The highest BCUT2D eigenvalue weighted by Crippen LogP contribution is 2.28. The summed E-state index contributed by atoms with van der Waals surface area (Å²) in [6.07, 6.45) is 1.55. The molecule has 0 aliphatic carbocycles. The number of hydrogen-bond acceptors (Lipinski definition) is 9. The second-order valence-electron chi connectivity index (χ2n) is 7.92. The maximum Gasteiger partial charge on any atom is 0.259 e. The molecule has 1 saturated heterocycles. The van der Waals surface area contributed by atoms with Gasteiger partial charge in [0.1, 0.15) is 11.5 Å². The van der Waals surface area contributed by atoms with E-state index >= 15 is 0 Å². The summed E-state index contributed by atoms with van der Waals surface area (Å²) in [7, 11) is 0. The molecule has 1 aliphatic rings. The van der Waals surface area contributed by atoms with Gasteiger partial charge in [-0.05, 0) is 32.0 Å². The van der Waals surface area contributed by atoms with E-state index in [9.17, 15) is 9.59 Å². The fourth-order valence-corrected chi connectivity index (χ4v) is 3.90. The predicted molar refractivity (Wildman–Crippen MR) is 116 cm³/mol. The summed E-state index contributed by atoms with van der Waals surface area (Å²) in [5.74, 6) is 1.24. The van der Waals surface area contributed by atoms with Gasteiger partial charge in [0.2, 0.25) is 5.91 Å². The Morgan fingerprint density at radius 1 is 1.09 bits per heavy atom. The van der Waals surface area contributed by atoms with E-state index in [4.69, 9.17) is 13.5 Å². The van der Waals surface area contributed by atoms with Gasteiger partial charge in [-0.2, -0.15) is 0 Å². The molecule has 0 saturated carbocycles. The SMILES string of the molecule is Cc1cc(NC(=O)CN2CCN(C(=O)c3cc(-c4ccco4)nc4onc(C)c34)CC2)no1. The van der Waals surface area contributed by atoms with E-state index in [0.717, 1.165) is 0 Å². The minimum atomic E-state index is -0.179. The lowest BCUT2D eigenvalue weighted by molar-refractivity contribution is -0.117. The van der Waals surface area contributed by atoms with E-state index < -0.39 is 0 Å². The lowest BCUT2D eigenvalue weighted by Crippen LogP contribution is -2.50. The zero-order valence-electron chi connectivity index (χ0n) is 18.2. The largest absolute Gasteiger partial charge is 0.463 e. The van der Waals surface area contributed by atoms with Crippen LogP contribution in [0.3, 0.4) is 0 Å². The van der Waals surface area contributed by atoms with Crippen LogP contribution in [0.2, 0.25) is 0 Å². The fraction of sp³-hybridized carbons (Fsp3) is 0.318. The number of carbonyl (C=O) groups excluding carboxylic acids is 2. The van der Waals surface area contributed by atoms with E-state index in [-0.39, 0.29) is 18.4 Å². The molecule has 11 nitrogen and oxygen atoms in total. The first-order valence-corrected chi connectivity index (χ1v) is 10.5. The number of anilines is 1. The Morgan fingerprint density at radius 3 is 2.61 bits per heavy atom. The van der Waals surface area contributed by atoms with Crippen molar-refractivity contribution in [1.29, 1.82) is 0 Å². The number of furan rings is 1. The van der Waals surface area contributed by atoms with Crippen molar-refractivity contribution in [3.05, 3.63) is 47.5 Å². The molecule has 33 heavy (non-hydrogen) atoms. The molecule has 1 N–H and O–H groups in total. The minimum Gasteiger partial charge on any atom is -0.463 e. The second-order valence-corrected chi connectivity index (χ2v) is 7.92. The van der Waals surface area contributed by atoms with Crippen molar-refractivity contribution in [3.8, 4) is 11.5 Å². The van der Waals surface area contributed by atoms with Gasteiger partial charge < -0.3 is 23.7 Å². The average Bonchev–Trinajstić information content (AvgIpc) is 3.56. The van der Waals surface area contributed by atoms with Gasteiger partial charge in [0.15, 0.2) is 11.6 Å². The zero-order chi connectivity index (χ0) is 22.9. The molecule has 1 fully saturated rings. The number of rotatable bonds is 5. The van der Waals surface area contributed by atoms with Crippen LogP contribution in [0.25, 0.3) is 22.6 Å². The quantitative estimate of drug-likeness (QED) is 0.487. The number of aromatic nitrogens is 3. The molecule has 0 aromatic carbocycles. The third-order valence-corrected chi connectivity index (χ3v) is 5.54.